The van der Waals surface area contributed by atoms with E-state index in [4.69, 9.17) is 5.11 Å². The summed E-state index contributed by atoms with van der Waals surface area (Å²) < 4.78 is 1.69. The van der Waals surface area contributed by atoms with Crippen LogP contribution < -0.4 is 10.6 Å². The minimum Gasteiger partial charge on any atom is -0.480 e. The van der Waals surface area contributed by atoms with Crippen molar-refractivity contribution >= 4 is 12.0 Å². The van der Waals surface area contributed by atoms with Crippen molar-refractivity contribution in [1.29, 1.82) is 0 Å². The van der Waals surface area contributed by atoms with Crippen molar-refractivity contribution in [3.8, 4) is 0 Å². The number of carbonyl (C=O) groups is 2. The topological polar surface area (TPSA) is 109 Å². The number of carbonyl (C=O) groups excluding carboxylic acids is 1. The molecule has 1 rings (SSSR count). The van der Waals surface area contributed by atoms with E-state index in [1.54, 1.807) is 18.5 Å². The van der Waals surface area contributed by atoms with Crippen LogP contribution in [0.2, 0.25) is 0 Å². The molecule has 0 fully saturated rings. The highest BCUT2D eigenvalue weighted by Gasteiger charge is 2.20. The number of hydrogen-bond donors (Lipinski definition) is 3. The fraction of sp³-hybridized carbons (Fsp3) is 0.636. The Hall–Kier alpha value is -2.12. The highest BCUT2D eigenvalue weighted by Crippen LogP contribution is 2.06. The second-order valence-corrected chi connectivity index (χ2v) is 4.32. The number of aliphatic carboxylic acids is 1. The SMILES string of the molecule is CCC[C@@H](NC(=O)NC(C)c1nncn1C)C(=O)O. The lowest BCUT2D eigenvalue weighted by Crippen LogP contribution is -2.46. The Bertz CT molecular complexity index is 445. The summed E-state index contributed by atoms with van der Waals surface area (Å²) in [6, 6.07) is -1.77. The molecule has 0 spiro atoms. The third kappa shape index (κ3) is 4.23. The van der Waals surface area contributed by atoms with E-state index in [-0.39, 0.29) is 6.04 Å². The van der Waals surface area contributed by atoms with Crippen LogP contribution in [-0.2, 0) is 11.8 Å². The summed E-state index contributed by atoms with van der Waals surface area (Å²) in [4.78, 5) is 22.6. The van der Waals surface area contributed by atoms with Gasteiger partial charge in [-0.25, -0.2) is 9.59 Å². The van der Waals surface area contributed by atoms with Gasteiger partial charge in [-0.15, -0.1) is 10.2 Å². The van der Waals surface area contributed by atoms with E-state index in [2.05, 4.69) is 20.8 Å². The van der Waals surface area contributed by atoms with Gasteiger partial charge >= 0.3 is 12.0 Å². The zero-order valence-corrected chi connectivity index (χ0v) is 11.3. The predicted octanol–water partition coefficient (Wildman–Crippen LogP) is 0.429. The average Bonchev–Trinajstić information content (AvgIpc) is 2.74. The second-order valence-electron chi connectivity index (χ2n) is 4.32. The van der Waals surface area contributed by atoms with Gasteiger partial charge in [-0.2, -0.15) is 0 Å². The summed E-state index contributed by atoms with van der Waals surface area (Å²) in [7, 11) is 1.77. The number of rotatable bonds is 6. The summed E-state index contributed by atoms with van der Waals surface area (Å²) in [6.45, 7) is 3.61. The van der Waals surface area contributed by atoms with Gasteiger partial charge in [0.25, 0.3) is 0 Å². The van der Waals surface area contributed by atoms with Crippen LogP contribution in [-0.4, -0.2) is 37.9 Å². The fourth-order valence-electron chi connectivity index (χ4n) is 1.69. The van der Waals surface area contributed by atoms with E-state index in [0.29, 0.717) is 18.7 Å². The van der Waals surface area contributed by atoms with Gasteiger partial charge in [-0.1, -0.05) is 13.3 Å². The average molecular weight is 269 g/mol. The Morgan fingerprint density at radius 2 is 2.16 bits per heavy atom. The first-order chi connectivity index (χ1) is 8.95. The number of aromatic nitrogens is 3. The Morgan fingerprint density at radius 1 is 1.47 bits per heavy atom. The second kappa shape index (κ2) is 6.72. The van der Waals surface area contributed by atoms with Crippen molar-refractivity contribution in [2.24, 2.45) is 7.05 Å². The third-order valence-corrected chi connectivity index (χ3v) is 2.66. The van der Waals surface area contributed by atoms with E-state index >= 15 is 0 Å². The first-order valence-corrected chi connectivity index (χ1v) is 6.09. The molecule has 19 heavy (non-hydrogen) atoms. The van der Waals surface area contributed by atoms with E-state index in [9.17, 15) is 9.59 Å². The molecule has 0 radical (unpaired) electrons. The van der Waals surface area contributed by atoms with E-state index in [0.717, 1.165) is 0 Å². The zero-order valence-electron chi connectivity index (χ0n) is 11.3. The summed E-state index contributed by atoms with van der Waals surface area (Å²) in [5.74, 6) is -0.444. The number of urea groups is 1. The van der Waals surface area contributed by atoms with Gasteiger partial charge in [0, 0.05) is 7.05 Å². The maximum Gasteiger partial charge on any atom is 0.326 e. The summed E-state index contributed by atoms with van der Waals surface area (Å²) in [5.41, 5.74) is 0. The van der Waals surface area contributed by atoms with Gasteiger partial charge in [0.05, 0.1) is 6.04 Å². The van der Waals surface area contributed by atoms with Gasteiger partial charge in [0.2, 0.25) is 0 Å². The third-order valence-electron chi connectivity index (χ3n) is 2.66. The number of nitrogens with zero attached hydrogens (tertiary/aromatic N) is 3. The first-order valence-electron chi connectivity index (χ1n) is 6.09. The van der Waals surface area contributed by atoms with E-state index < -0.39 is 18.0 Å². The molecule has 0 aliphatic carbocycles. The van der Waals surface area contributed by atoms with Crippen molar-refractivity contribution in [3.63, 3.8) is 0 Å². The minimum atomic E-state index is -1.04. The largest absolute Gasteiger partial charge is 0.480 e. The van der Waals surface area contributed by atoms with Crippen molar-refractivity contribution in [1.82, 2.24) is 25.4 Å². The predicted molar refractivity (Wildman–Crippen MR) is 67.4 cm³/mol. The lowest BCUT2D eigenvalue weighted by molar-refractivity contribution is -0.139. The number of amides is 2. The molecule has 1 aromatic rings. The molecule has 0 aliphatic rings. The molecule has 106 valence electrons. The molecule has 1 unspecified atom stereocenters. The maximum atomic E-state index is 11.7. The van der Waals surface area contributed by atoms with Gasteiger partial charge in [-0.3, -0.25) is 0 Å². The Morgan fingerprint density at radius 3 is 2.63 bits per heavy atom. The number of aryl methyl sites for hydroxylation is 1. The first kappa shape index (κ1) is 14.9. The standard InChI is InChI=1S/C11H19N5O3/c1-4-5-8(10(17)18)14-11(19)13-7(2)9-15-12-6-16(9)3/h6-8H,4-5H2,1-3H3,(H,17,18)(H2,13,14,19)/t7?,8-/m1/s1. The van der Waals surface area contributed by atoms with Crippen molar-refractivity contribution in [3.05, 3.63) is 12.2 Å². The lowest BCUT2D eigenvalue weighted by atomic mass is 10.2. The molecule has 0 saturated carbocycles. The van der Waals surface area contributed by atoms with Gasteiger partial charge in [0.1, 0.15) is 12.4 Å². The van der Waals surface area contributed by atoms with Crippen molar-refractivity contribution in [2.75, 3.05) is 0 Å². The van der Waals surface area contributed by atoms with Crippen LogP contribution in [0, 0.1) is 0 Å². The van der Waals surface area contributed by atoms with Crippen molar-refractivity contribution < 1.29 is 14.7 Å². The molecule has 1 aromatic heterocycles. The van der Waals surface area contributed by atoms with Crippen LogP contribution in [0.3, 0.4) is 0 Å². The van der Waals surface area contributed by atoms with Gasteiger partial charge in [0.15, 0.2) is 5.82 Å². The summed E-state index contributed by atoms with van der Waals surface area (Å²) in [6.07, 6.45) is 2.60. The Labute approximate surface area is 111 Å². The molecule has 1 heterocycles. The molecule has 8 nitrogen and oxygen atoms in total. The lowest BCUT2D eigenvalue weighted by Gasteiger charge is -2.17. The number of carboxylic acids is 1. The van der Waals surface area contributed by atoms with Crippen LogP contribution >= 0.6 is 0 Å². The van der Waals surface area contributed by atoms with Crippen LogP contribution in [0.1, 0.15) is 38.6 Å². The maximum absolute atomic E-state index is 11.7. The number of nitrogens with one attached hydrogen (secondary N) is 2. The van der Waals surface area contributed by atoms with Gasteiger partial charge in [-0.05, 0) is 13.3 Å². The Kier molecular flexibility index (Phi) is 5.28. The van der Waals surface area contributed by atoms with Gasteiger partial charge < -0.3 is 20.3 Å². The normalized spacial score (nSPS) is 13.6. The molecule has 0 aliphatic heterocycles. The van der Waals surface area contributed by atoms with Crippen LogP contribution in [0.15, 0.2) is 6.33 Å². The molecule has 0 aromatic carbocycles. The smallest absolute Gasteiger partial charge is 0.326 e. The molecular formula is C11H19N5O3. The summed E-state index contributed by atoms with van der Waals surface area (Å²) in [5, 5.41) is 21.6. The minimum absolute atomic E-state index is 0.358. The van der Waals surface area contributed by atoms with E-state index in [1.165, 1.54) is 6.33 Å². The van der Waals surface area contributed by atoms with Crippen LogP contribution in [0.5, 0.6) is 0 Å². The fourth-order valence-corrected chi connectivity index (χ4v) is 1.69. The molecule has 2 atom stereocenters. The monoisotopic (exact) mass is 269 g/mol. The highest BCUT2D eigenvalue weighted by atomic mass is 16.4. The molecule has 2 amide bonds. The van der Waals surface area contributed by atoms with E-state index in [1.807, 2.05) is 6.92 Å². The van der Waals surface area contributed by atoms with Crippen LogP contribution in [0.25, 0.3) is 0 Å². The zero-order chi connectivity index (χ0) is 14.4. The molecule has 8 heteroatoms. The number of carboxylic acid groups (broad SMARTS) is 1. The molecule has 0 saturated heterocycles. The summed E-state index contributed by atoms with van der Waals surface area (Å²) >= 11 is 0. The quantitative estimate of drug-likeness (QED) is 0.693. The molecule has 3 N–H and O–H groups in total. The molecular weight excluding hydrogens is 250 g/mol. The Balaban J connectivity index is 2.55. The van der Waals surface area contributed by atoms with Crippen molar-refractivity contribution in [2.45, 2.75) is 38.8 Å². The molecule has 0 bridgehead atoms. The van der Waals surface area contributed by atoms with Crippen LogP contribution in [0.4, 0.5) is 4.79 Å². The highest BCUT2D eigenvalue weighted by molar-refractivity contribution is 5.82. The number of hydrogen-bond acceptors (Lipinski definition) is 4.